The number of β-amino-alcohol motifs (C(OH)–C–C–N with tert-alkyl or cyclic N) is 1. The van der Waals surface area contributed by atoms with Crippen LogP contribution in [0.2, 0.25) is 0 Å². The van der Waals surface area contributed by atoms with Crippen molar-refractivity contribution in [2.75, 3.05) is 46.4 Å². The standard InChI is InChI=1S/C15H28N4O2/c1-17(12-15(21)13-19-6-2-5-16-19)11-14-3-7-18(8-4-14)9-10-20/h2,5-6,14-15,20-21H,3-4,7-13H2,1H3/t15-/m0/s1. The molecule has 1 saturated heterocycles. The molecule has 0 saturated carbocycles. The topological polar surface area (TPSA) is 64.8 Å². The summed E-state index contributed by atoms with van der Waals surface area (Å²) in [5.41, 5.74) is 0. The van der Waals surface area contributed by atoms with E-state index in [9.17, 15) is 5.11 Å². The molecule has 1 aromatic rings. The molecule has 120 valence electrons. The molecule has 1 aliphatic rings. The zero-order valence-electron chi connectivity index (χ0n) is 12.9. The third-order valence-electron chi connectivity index (χ3n) is 4.17. The van der Waals surface area contributed by atoms with E-state index >= 15 is 0 Å². The number of likely N-dealkylation sites (N-methyl/N-ethyl adjacent to an activating group) is 1. The number of piperidine rings is 1. The number of rotatable bonds is 8. The van der Waals surface area contributed by atoms with E-state index in [1.54, 1.807) is 10.9 Å². The average molecular weight is 296 g/mol. The van der Waals surface area contributed by atoms with E-state index in [1.807, 2.05) is 12.3 Å². The molecule has 0 bridgehead atoms. The summed E-state index contributed by atoms with van der Waals surface area (Å²) in [6.07, 6.45) is 5.58. The van der Waals surface area contributed by atoms with E-state index < -0.39 is 0 Å². The van der Waals surface area contributed by atoms with Crippen molar-refractivity contribution in [3.8, 4) is 0 Å². The zero-order chi connectivity index (χ0) is 15.1. The summed E-state index contributed by atoms with van der Waals surface area (Å²) in [5.74, 6) is 0.696. The van der Waals surface area contributed by atoms with Crippen LogP contribution in [-0.2, 0) is 6.54 Å². The number of aliphatic hydroxyl groups excluding tert-OH is 2. The van der Waals surface area contributed by atoms with E-state index in [1.165, 1.54) is 12.8 Å². The highest BCUT2D eigenvalue weighted by molar-refractivity contribution is 4.79. The minimum absolute atomic E-state index is 0.254. The van der Waals surface area contributed by atoms with E-state index in [4.69, 9.17) is 5.11 Å². The second kappa shape index (κ2) is 8.48. The third kappa shape index (κ3) is 5.74. The summed E-state index contributed by atoms with van der Waals surface area (Å²) >= 11 is 0. The maximum Gasteiger partial charge on any atom is 0.0862 e. The number of aromatic nitrogens is 2. The molecule has 1 aliphatic heterocycles. The van der Waals surface area contributed by atoms with Gasteiger partial charge in [0, 0.05) is 32.0 Å². The fourth-order valence-electron chi connectivity index (χ4n) is 3.09. The summed E-state index contributed by atoms with van der Waals surface area (Å²) in [6, 6.07) is 1.87. The van der Waals surface area contributed by atoms with Crippen molar-refractivity contribution >= 4 is 0 Å². The van der Waals surface area contributed by atoms with Gasteiger partial charge in [-0.25, -0.2) is 0 Å². The molecule has 1 atom stereocenters. The summed E-state index contributed by atoms with van der Waals surface area (Å²) in [5, 5.41) is 23.2. The van der Waals surface area contributed by atoms with Gasteiger partial charge >= 0.3 is 0 Å². The van der Waals surface area contributed by atoms with Gasteiger partial charge in [-0.05, 0) is 45.0 Å². The fourth-order valence-corrected chi connectivity index (χ4v) is 3.09. The lowest BCUT2D eigenvalue weighted by atomic mass is 9.96. The highest BCUT2D eigenvalue weighted by Crippen LogP contribution is 2.17. The maximum absolute atomic E-state index is 10.1. The molecule has 0 unspecified atom stereocenters. The minimum Gasteiger partial charge on any atom is -0.395 e. The summed E-state index contributed by atoms with van der Waals surface area (Å²) in [6.45, 7) is 5.46. The Morgan fingerprint density at radius 3 is 2.76 bits per heavy atom. The molecule has 2 N–H and O–H groups in total. The van der Waals surface area contributed by atoms with E-state index in [0.29, 0.717) is 19.0 Å². The highest BCUT2D eigenvalue weighted by Gasteiger charge is 2.20. The molecule has 6 heteroatoms. The SMILES string of the molecule is CN(CC1CCN(CCO)CC1)C[C@H](O)Cn1cccn1. The lowest BCUT2D eigenvalue weighted by molar-refractivity contribution is 0.0854. The van der Waals surface area contributed by atoms with Crippen molar-refractivity contribution in [1.29, 1.82) is 0 Å². The van der Waals surface area contributed by atoms with Crippen molar-refractivity contribution in [2.45, 2.75) is 25.5 Å². The second-order valence-corrected chi connectivity index (χ2v) is 6.11. The Balaban J connectivity index is 1.64. The van der Waals surface area contributed by atoms with Crippen molar-refractivity contribution < 1.29 is 10.2 Å². The van der Waals surface area contributed by atoms with Gasteiger partial charge in [-0.15, -0.1) is 0 Å². The Morgan fingerprint density at radius 1 is 1.38 bits per heavy atom. The molecule has 1 aromatic heterocycles. The first-order valence-electron chi connectivity index (χ1n) is 7.84. The van der Waals surface area contributed by atoms with Gasteiger partial charge in [0.25, 0.3) is 0 Å². The number of hydrogen-bond donors (Lipinski definition) is 2. The smallest absolute Gasteiger partial charge is 0.0862 e. The predicted octanol–water partition coefficient (Wildman–Crippen LogP) is -0.120. The Kier molecular flexibility index (Phi) is 6.63. The predicted molar refractivity (Wildman–Crippen MR) is 82.0 cm³/mol. The van der Waals surface area contributed by atoms with Crippen LogP contribution in [0, 0.1) is 5.92 Å². The highest BCUT2D eigenvalue weighted by atomic mass is 16.3. The molecular weight excluding hydrogens is 268 g/mol. The van der Waals surface area contributed by atoms with Crippen LogP contribution < -0.4 is 0 Å². The van der Waals surface area contributed by atoms with E-state index in [0.717, 1.165) is 26.2 Å². The van der Waals surface area contributed by atoms with Gasteiger partial charge in [0.15, 0.2) is 0 Å². The van der Waals surface area contributed by atoms with Gasteiger partial charge < -0.3 is 20.0 Å². The van der Waals surface area contributed by atoms with Crippen LogP contribution in [-0.4, -0.2) is 82.3 Å². The van der Waals surface area contributed by atoms with Crippen LogP contribution >= 0.6 is 0 Å². The Labute approximate surface area is 127 Å². The van der Waals surface area contributed by atoms with Crippen LogP contribution in [0.1, 0.15) is 12.8 Å². The molecule has 21 heavy (non-hydrogen) atoms. The molecule has 2 heterocycles. The van der Waals surface area contributed by atoms with E-state index in [2.05, 4.69) is 21.9 Å². The van der Waals surface area contributed by atoms with Crippen LogP contribution in [0.3, 0.4) is 0 Å². The summed E-state index contributed by atoms with van der Waals surface area (Å²) in [4.78, 5) is 4.55. The largest absolute Gasteiger partial charge is 0.395 e. The minimum atomic E-state index is -0.385. The normalized spacial score (nSPS) is 19.2. The molecule has 6 nitrogen and oxygen atoms in total. The van der Waals surface area contributed by atoms with Gasteiger partial charge in [0.2, 0.25) is 0 Å². The molecule has 0 aromatic carbocycles. The van der Waals surface area contributed by atoms with Crippen molar-refractivity contribution in [3.63, 3.8) is 0 Å². The number of hydrogen-bond acceptors (Lipinski definition) is 5. The first kappa shape index (κ1) is 16.4. The third-order valence-corrected chi connectivity index (χ3v) is 4.17. The maximum atomic E-state index is 10.1. The van der Waals surface area contributed by atoms with Gasteiger partial charge in [-0.3, -0.25) is 4.68 Å². The summed E-state index contributed by atoms with van der Waals surface area (Å²) < 4.78 is 1.77. The molecule has 1 fully saturated rings. The molecular formula is C15H28N4O2. The Morgan fingerprint density at radius 2 is 2.14 bits per heavy atom. The number of likely N-dealkylation sites (tertiary alicyclic amines) is 1. The van der Waals surface area contributed by atoms with Crippen LogP contribution in [0.4, 0.5) is 0 Å². The van der Waals surface area contributed by atoms with Crippen LogP contribution in [0.5, 0.6) is 0 Å². The summed E-state index contributed by atoms with van der Waals surface area (Å²) in [7, 11) is 2.08. The Bertz CT molecular complexity index is 377. The van der Waals surface area contributed by atoms with Crippen molar-refractivity contribution in [3.05, 3.63) is 18.5 Å². The zero-order valence-corrected chi connectivity index (χ0v) is 12.9. The quantitative estimate of drug-likeness (QED) is 0.700. The van der Waals surface area contributed by atoms with Gasteiger partial charge in [-0.1, -0.05) is 0 Å². The molecule has 2 rings (SSSR count). The molecule has 0 amide bonds. The van der Waals surface area contributed by atoms with Crippen molar-refractivity contribution in [1.82, 2.24) is 19.6 Å². The average Bonchev–Trinajstić information content (AvgIpc) is 2.93. The van der Waals surface area contributed by atoms with Gasteiger partial charge in [0.1, 0.15) is 0 Å². The lowest BCUT2D eigenvalue weighted by Gasteiger charge is -2.34. The van der Waals surface area contributed by atoms with Gasteiger partial charge in [-0.2, -0.15) is 5.10 Å². The number of aliphatic hydroxyl groups is 2. The Hall–Kier alpha value is -0.950. The lowest BCUT2D eigenvalue weighted by Crippen LogP contribution is -2.41. The van der Waals surface area contributed by atoms with Crippen LogP contribution in [0.15, 0.2) is 18.5 Å². The fraction of sp³-hybridized carbons (Fsp3) is 0.800. The molecule has 0 aliphatic carbocycles. The second-order valence-electron chi connectivity index (χ2n) is 6.11. The molecule has 0 radical (unpaired) electrons. The monoisotopic (exact) mass is 296 g/mol. The van der Waals surface area contributed by atoms with Gasteiger partial charge in [0.05, 0.1) is 19.3 Å². The van der Waals surface area contributed by atoms with E-state index in [-0.39, 0.29) is 12.7 Å². The molecule has 0 spiro atoms. The first-order chi connectivity index (χ1) is 10.2. The first-order valence-corrected chi connectivity index (χ1v) is 7.84. The van der Waals surface area contributed by atoms with Crippen LogP contribution in [0.25, 0.3) is 0 Å². The van der Waals surface area contributed by atoms with Crippen molar-refractivity contribution in [2.24, 2.45) is 5.92 Å². The number of nitrogens with zero attached hydrogens (tertiary/aromatic N) is 4.